The molecule has 1 fully saturated rings. The summed E-state index contributed by atoms with van der Waals surface area (Å²) in [5, 5.41) is 15.0. The molecule has 0 aliphatic carbocycles. The van der Waals surface area contributed by atoms with Gasteiger partial charge in [0.15, 0.2) is 5.65 Å². The predicted octanol–water partition coefficient (Wildman–Crippen LogP) is 3.25. The molecule has 2 aromatic heterocycles. The molecule has 1 atom stereocenters. The number of rotatable bonds is 8. The fourth-order valence-electron chi connectivity index (χ4n) is 4.01. The van der Waals surface area contributed by atoms with Crippen LogP contribution in [0.1, 0.15) is 42.4 Å². The SMILES string of the molecule is CN1CCOC(CNc2ccc(OC(F)F)cc2C(=N)c2cnc3[nH]cc(C(=O)NC(C)(C)C)c3n2)C1. The number of likely N-dealkylation sites (N-methyl/N-ethyl adjacent to an activating group) is 1. The third-order valence-corrected chi connectivity index (χ3v) is 5.72. The Morgan fingerprint density at radius 2 is 2.14 bits per heavy atom. The molecule has 1 amide bonds. The number of nitrogens with zero attached hydrogens (tertiary/aromatic N) is 3. The van der Waals surface area contributed by atoms with Gasteiger partial charge in [-0.1, -0.05) is 0 Å². The van der Waals surface area contributed by atoms with Gasteiger partial charge < -0.3 is 30.0 Å². The molecule has 0 bridgehead atoms. The average molecular weight is 516 g/mol. The number of halogens is 2. The number of hydrogen-bond donors (Lipinski definition) is 4. The topological polar surface area (TPSA) is 128 Å². The molecule has 0 saturated carbocycles. The summed E-state index contributed by atoms with van der Waals surface area (Å²) < 4.78 is 36.2. The van der Waals surface area contributed by atoms with Crippen molar-refractivity contribution < 1.29 is 23.0 Å². The van der Waals surface area contributed by atoms with Crippen LogP contribution < -0.4 is 15.4 Å². The molecule has 4 N–H and O–H groups in total. The van der Waals surface area contributed by atoms with Crippen LogP contribution in [0.15, 0.2) is 30.6 Å². The standard InChI is InChI=1S/C25H31F2N7O3/c1-25(2,3)33-23(35)17-11-30-22-21(17)32-19(12-31-22)20(28)16-9-14(37-24(26)27)5-6-18(16)29-10-15-13-34(4)7-8-36-15/h5-6,9,11-12,15,24,28-29H,7-8,10,13H2,1-4H3,(H,30,31)(H,33,35). The van der Waals surface area contributed by atoms with Crippen molar-refractivity contribution in [1.29, 1.82) is 5.41 Å². The number of aromatic amines is 1. The first-order valence-corrected chi connectivity index (χ1v) is 11.9. The number of H-pyrrole nitrogens is 1. The maximum atomic E-state index is 12.9. The lowest BCUT2D eigenvalue weighted by Crippen LogP contribution is -2.43. The van der Waals surface area contributed by atoms with Gasteiger partial charge in [0.1, 0.15) is 17.0 Å². The van der Waals surface area contributed by atoms with E-state index in [0.717, 1.165) is 13.1 Å². The van der Waals surface area contributed by atoms with Crippen molar-refractivity contribution in [2.75, 3.05) is 38.6 Å². The summed E-state index contributed by atoms with van der Waals surface area (Å²) >= 11 is 0. The predicted molar refractivity (Wildman–Crippen MR) is 136 cm³/mol. The quantitative estimate of drug-likeness (QED) is 0.339. The van der Waals surface area contributed by atoms with Gasteiger partial charge in [0.25, 0.3) is 5.91 Å². The van der Waals surface area contributed by atoms with E-state index in [1.165, 1.54) is 24.5 Å². The van der Waals surface area contributed by atoms with E-state index in [-0.39, 0.29) is 29.2 Å². The van der Waals surface area contributed by atoms with E-state index in [2.05, 4.69) is 35.2 Å². The van der Waals surface area contributed by atoms with Gasteiger partial charge in [-0.25, -0.2) is 9.97 Å². The molecule has 0 radical (unpaired) electrons. The van der Waals surface area contributed by atoms with E-state index in [0.29, 0.717) is 41.1 Å². The maximum absolute atomic E-state index is 12.9. The Balaban J connectivity index is 1.65. The average Bonchev–Trinajstić information content (AvgIpc) is 3.25. The Bertz CT molecular complexity index is 1290. The second kappa shape index (κ2) is 10.8. The summed E-state index contributed by atoms with van der Waals surface area (Å²) in [5.74, 6) is -0.418. The molecule has 37 heavy (non-hydrogen) atoms. The van der Waals surface area contributed by atoms with Crippen LogP contribution in [-0.2, 0) is 4.74 Å². The van der Waals surface area contributed by atoms with Crippen molar-refractivity contribution in [3.63, 3.8) is 0 Å². The van der Waals surface area contributed by atoms with E-state index in [1.807, 2.05) is 27.8 Å². The van der Waals surface area contributed by atoms with Crippen molar-refractivity contribution >= 4 is 28.5 Å². The van der Waals surface area contributed by atoms with E-state index in [1.54, 1.807) is 6.07 Å². The van der Waals surface area contributed by atoms with E-state index in [9.17, 15) is 13.6 Å². The second-order valence-corrected chi connectivity index (χ2v) is 9.96. The number of alkyl halides is 2. The largest absolute Gasteiger partial charge is 0.435 e. The molecule has 1 unspecified atom stereocenters. The Morgan fingerprint density at radius 1 is 1.35 bits per heavy atom. The van der Waals surface area contributed by atoms with E-state index >= 15 is 0 Å². The Morgan fingerprint density at radius 3 is 2.84 bits per heavy atom. The number of benzene rings is 1. The molecule has 1 saturated heterocycles. The number of anilines is 1. The molecule has 1 aromatic carbocycles. The number of amides is 1. The lowest BCUT2D eigenvalue weighted by Gasteiger charge is -2.30. The van der Waals surface area contributed by atoms with Gasteiger partial charge in [-0.05, 0) is 46.0 Å². The number of morpholine rings is 1. The van der Waals surface area contributed by atoms with Crippen LogP contribution in [-0.4, -0.2) is 83.0 Å². The zero-order chi connectivity index (χ0) is 26.7. The molecule has 1 aliphatic rings. The minimum atomic E-state index is -3.01. The molecule has 198 valence electrons. The van der Waals surface area contributed by atoms with Gasteiger partial charge in [0.2, 0.25) is 0 Å². The number of hydrogen-bond acceptors (Lipinski definition) is 8. The summed E-state index contributed by atoms with van der Waals surface area (Å²) in [6.45, 7) is 5.25. The Hall–Kier alpha value is -3.64. The van der Waals surface area contributed by atoms with Gasteiger partial charge in [-0.2, -0.15) is 8.78 Å². The highest BCUT2D eigenvalue weighted by atomic mass is 19.3. The van der Waals surface area contributed by atoms with Crippen LogP contribution in [0.2, 0.25) is 0 Å². The summed E-state index contributed by atoms with van der Waals surface area (Å²) in [5.41, 5.74) is 1.46. The molecular weight excluding hydrogens is 484 g/mol. The fraction of sp³-hybridized carbons (Fsp3) is 0.440. The van der Waals surface area contributed by atoms with Gasteiger partial charge in [-0.3, -0.25) is 10.2 Å². The van der Waals surface area contributed by atoms with Gasteiger partial charge in [0.05, 0.1) is 30.2 Å². The van der Waals surface area contributed by atoms with Crippen molar-refractivity contribution in [3.05, 3.63) is 47.4 Å². The van der Waals surface area contributed by atoms with Crippen molar-refractivity contribution in [2.45, 2.75) is 39.0 Å². The van der Waals surface area contributed by atoms with Crippen molar-refractivity contribution in [2.24, 2.45) is 0 Å². The zero-order valence-electron chi connectivity index (χ0n) is 21.2. The summed E-state index contributed by atoms with van der Waals surface area (Å²) in [4.78, 5) is 26.7. The highest BCUT2D eigenvalue weighted by Crippen LogP contribution is 2.27. The third-order valence-electron chi connectivity index (χ3n) is 5.72. The van der Waals surface area contributed by atoms with Crippen molar-refractivity contribution in [1.82, 2.24) is 25.2 Å². The highest BCUT2D eigenvalue weighted by Gasteiger charge is 2.23. The molecule has 3 aromatic rings. The van der Waals surface area contributed by atoms with Crippen LogP contribution in [0.25, 0.3) is 11.2 Å². The molecular formula is C25H31F2N7O3. The van der Waals surface area contributed by atoms with Gasteiger partial charge in [-0.15, -0.1) is 0 Å². The minimum absolute atomic E-state index is 0.0679. The van der Waals surface area contributed by atoms with Crippen LogP contribution in [0.5, 0.6) is 5.75 Å². The number of ether oxygens (including phenoxy) is 2. The summed E-state index contributed by atoms with van der Waals surface area (Å²) in [7, 11) is 2.01. The number of aromatic nitrogens is 3. The normalized spacial score (nSPS) is 16.7. The first kappa shape index (κ1) is 26.4. The zero-order valence-corrected chi connectivity index (χ0v) is 21.2. The fourth-order valence-corrected chi connectivity index (χ4v) is 4.01. The Labute approximate surface area is 213 Å². The van der Waals surface area contributed by atoms with E-state index < -0.39 is 12.2 Å². The van der Waals surface area contributed by atoms with E-state index in [4.69, 9.17) is 10.1 Å². The third kappa shape index (κ3) is 6.57. The summed E-state index contributed by atoms with van der Waals surface area (Å²) in [6, 6.07) is 4.36. The van der Waals surface area contributed by atoms with Crippen LogP contribution in [0, 0.1) is 5.41 Å². The lowest BCUT2D eigenvalue weighted by atomic mass is 10.0. The lowest BCUT2D eigenvalue weighted by molar-refractivity contribution is -0.0498. The Kier molecular flexibility index (Phi) is 7.69. The molecule has 4 rings (SSSR count). The molecule has 10 nitrogen and oxygen atoms in total. The first-order valence-electron chi connectivity index (χ1n) is 11.9. The number of carbonyl (C=O) groups is 1. The molecule has 3 heterocycles. The van der Waals surface area contributed by atoms with Crippen LogP contribution >= 0.6 is 0 Å². The smallest absolute Gasteiger partial charge is 0.387 e. The molecule has 12 heteroatoms. The molecule has 1 aliphatic heterocycles. The summed E-state index contributed by atoms with van der Waals surface area (Å²) in [6.07, 6.45) is 2.85. The number of nitrogens with one attached hydrogen (secondary N) is 4. The first-order chi connectivity index (χ1) is 17.5. The monoisotopic (exact) mass is 515 g/mol. The van der Waals surface area contributed by atoms with Gasteiger partial charge >= 0.3 is 6.61 Å². The molecule has 0 spiro atoms. The number of carbonyl (C=O) groups excluding carboxylic acids is 1. The maximum Gasteiger partial charge on any atom is 0.387 e. The van der Waals surface area contributed by atoms with Crippen LogP contribution in [0.3, 0.4) is 0 Å². The van der Waals surface area contributed by atoms with Crippen molar-refractivity contribution in [3.8, 4) is 5.75 Å². The minimum Gasteiger partial charge on any atom is -0.435 e. The highest BCUT2D eigenvalue weighted by molar-refractivity contribution is 6.14. The van der Waals surface area contributed by atoms with Crippen LogP contribution in [0.4, 0.5) is 14.5 Å². The number of fused-ring (bicyclic) bond motifs is 1. The van der Waals surface area contributed by atoms with Gasteiger partial charge in [0, 0.05) is 42.6 Å². The second-order valence-electron chi connectivity index (χ2n) is 9.96.